The molecule has 0 aromatic carbocycles. The lowest BCUT2D eigenvalue weighted by Crippen LogP contribution is -2.37. The normalized spacial score (nSPS) is 41.1. The highest BCUT2D eigenvalue weighted by molar-refractivity contribution is 5.65. The zero-order valence-electron chi connectivity index (χ0n) is 14.9. The summed E-state index contributed by atoms with van der Waals surface area (Å²) < 4.78 is 9.79. The molecule has 0 amide bonds. The lowest BCUT2D eigenvalue weighted by atomic mass is 9.58. The summed E-state index contributed by atoms with van der Waals surface area (Å²) in [4.78, 5) is 9.59. The number of fused-ring (bicyclic) bond motifs is 1. The summed E-state index contributed by atoms with van der Waals surface area (Å²) in [5, 5.41) is 0. The van der Waals surface area contributed by atoms with Gasteiger partial charge in [0.1, 0.15) is 0 Å². The molecule has 2 saturated carbocycles. The second-order valence-electron chi connectivity index (χ2n) is 8.12. The summed E-state index contributed by atoms with van der Waals surface area (Å²) in [5.41, 5.74) is 0.658. The standard InChI is InChI=1S/C16H28O.C3H6O2/c1-12-4-3-7-16(2,9-12)15-6-5-13-10-17-11-14(13)8-15;1-3(4)5-2/h12-15H,3-11H2,1-2H3;1-2H3/t12?,13-,14+,15?,16?;/m0./s1. The van der Waals surface area contributed by atoms with Crippen molar-refractivity contribution in [3.63, 3.8) is 0 Å². The second-order valence-corrected chi connectivity index (χ2v) is 8.12. The van der Waals surface area contributed by atoms with Crippen LogP contribution < -0.4 is 0 Å². The predicted molar refractivity (Wildman–Crippen MR) is 88.6 cm³/mol. The van der Waals surface area contributed by atoms with Gasteiger partial charge < -0.3 is 9.47 Å². The molecule has 1 heterocycles. The highest BCUT2D eigenvalue weighted by atomic mass is 16.5. The van der Waals surface area contributed by atoms with Gasteiger partial charge in [-0.2, -0.15) is 0 Å². The largest absolute Gasteiger partial charge is 0.469 e. The van der Waals surface area contributed by atoms with E-state index in [4.69, 9.17) is 4.74 Å². The molecule has 0 radical (unpaired) electrons. The number of carbonyl (C=O) groups is 1. The van der Waals surface area contributed by atoms with Crippen LogP contribution in [0.15, 0.2) is 0 Å². The molecule has 1 saturated heterocycles. The summed E-state index contributed by atoms with van der Waals surface area (Å²) in [6.07, 6.45) is 10.3. The van der Waals surface area contributed by atoms with Gasteiger partial charge in [0, 0.05) is 20.1 Å². The maximum Gasteiger partial charge on any atom is 0.302 e. The quantitative estimate of drug-likeness (QED) is 0.671. The molecule has 0 bridgehead atoms. The topological polar surface area (TPSA) is 35.5 Å². The first-order chi connectivity index (χ1) is 10.4. The average molecular weight is 310 g/mol. The number of hydrogen-bond donors (Lipinski definition) is 0. The average Bonchev–Trinajstić information content (AvgIpc) is 2.95. The summed E-state index contributed by atoms with van der Waals surface area (Å²) >= 11 is 0. The van der Waals surface area contributed by atoms with Crippen LogP contribution in [0.2, 0.25) is 0 Å². The SMILES string of the molecule is CC1CCCC(C)(C2CC[C@H]3COC[C@H]3C2)C1.COC(C)=O. The Morgan fingerprint density at radius 3 is 2.50 bits per heavy atom. The number of hydrogen-bond acceptors (Lipinski definition) is 3. The third-order valence-electron chi connectivity index (χ3n) is 6.34. The van der Waals surface area contributed by atoms with Gasteiger partial charge in [0.15, 0.2) is 0 Å². The van der Waals surface area contributed by atoms with Gasteiger partial charge in [-0.05, 0) is 61.2 Å². The Balaban J connectivity index is 0.000000309. The van der Waals surface area contributed by atoms with E-state index in [0.29, 0.717) is 5.41 Å². The van der Waals surface area contributed by atoms with Crippen molar-refractivity contribution in [1.29, 1.82) is 0 Å². The highest BCUT2D eigenvalue weighted by Crippen LogP contribution is 2.52. The fraction of sp³-hybridized carbons (Fsp3) is 0.947. The van der Waals surface area contributed by atoms with Crippen LogP contribution in [0, 0.1) is 29.1 Å². The summed E-state index contributed by atoms with van der Waals surface area (Å²) in [5.74, 6) is 3.53. The fourth-order valence-electron chi connectivity index (χ4n) is 4.98. The zero-order chi connectivity index (χ0) is 16.2. The second kappa shape index (κ2) is 7.81. The van der Waals surface area contributed by atoms with Gasteiger partial charge in [-0.1, -0.05) is 26.7 Å². The molecule has 0 N–H and O–H groups in total. The molecule has 3 fully saturated rings. The molecule has 3 heteroatoms. The lowest BCUT2D eigenvalue weighted by Gasteiger charge is -2.47. The molecule has 2 aliphatic carbocycles. The van der Waals surface area contributed by atoms with Crippen molar-refractivity contribution in [1.82, 2.24) is 0 Å². The number of rotatable bonds is 1. The zero-order valence-corrected chi connectivity index (χ0v) is 14.9. The van der Waals surface area contributed by atoms with Crippen LogP contribution in [0.3, 0.4) is 0 Å². The fourth-order valence-corrected chi connectivity index (χ4v) is 4.98. The Hall–Kier alpha value is -0.570. The molecule has 128 valence electrons. The summed E-state index contributed by atoms with van der Waals surface area (Å²) in [6.45, 7) is 8.53. The molecule has 3 unspecified atom stereocenters. The van der Waals surface area contributed by atoms with Crippen LogP contribution in [-0.4, -0.2) is 26.3 Å². The van der Waals surface area contributed by atoms with Crippen molar-refractivity contribution in [2.45, 2.75) is 65.7 Å². The van der Waals surface area contributed by atoms with Gasteiger partial charge in [-0.15, -0.1) is 0 Å². The van der Waals surface area contributed by atoms with Crippen molar-refractivity contribution in [2.75, 3.05) is 20.3 Å². The molecular weight excluding hydrogens is 276 g/mol. The first-order valence-corrected chi connectivity index (χ1v) is 9.07. The first-order valence-electron chi connectivity index (χ1n) is 9.07. The van der Waals surface area contributed by atoms with Crippen molar-refractivity contribution in [3.05, 3.63) is 0 Å². The molecule has 3 rings (SSSR count). The Labute approximate surface area is 136 Å². The smallest absolute Gasteiger partial charge is 0.302 e. The van der Waals surface area contributed by atoms with E-state index in [9.17, 15) is 4.79 Å². The molecule has 0 aromatic rings. The molecule has 5 atom stereocenters. The lowest BCUT2D eigenvalue weighted by molar-refractivity contribution is -0.137. The number of ether oxygens (including phenoxy) is 2. The van der Waals surface area contributed by atoms with E-state index < -0.39 is 0 Å². The van der Waals surface area contributed by atoms with Crippen LogP contribution in [0.25, 0.3) is 0 Å². The molecule has 22 heavy (non-hydrogen) atoms. The predicted octanol–water partition coefficient (Wildman–Crippen LogP) is 4.44. The van der Waals surface area contributed by atoms with E-state index in [0.717, 1.165) is 36.9 Å². The van der Waals surface area contributed by atoms with Crippen LogP contribution >= 0.6 is 0 Å². The Morgan fingerprint density at radius 2 is 1.86 bits per heavy atom. The summed E-state index contributed by atoms with van der Waals surface area (Å²) in [6, 6.07) is 0. The van der Waals surface area contributed by atoms with Gasteiger partial charge in [0.2, 0.25) is 0 Å². The van der Waals surface area contributed by atoms with Gasteiger partial charge in [0.25, 0.3) is 0 Å². The van der Waals surface area contributed by atoms with Gasteiger partial charge in [-0.3, -0.25) is 4.79 Å². The van der Waals surface area contributed by atoms with E-state index in [1.807, 2.05) is 0 Å². The van der Waals surface area contributed by atoms with Crippen molar-refractivity contribution >= 4 is 5.97 Å². The minimum Gasteiger partial charge on any atom is -0.469 e. The van der Waals surface area contributed by atoms with E-state index in [2.05, 4.69) is 18.6 Å². The number of methoxy groups -OCH3 is 1. The molecular formula is C19H34O3. The Bertz CT molecular complexity index is 368. The van der Waals surface area contributed by atoms with Crippen LogP contribution in [0.4, 0.5) is 0 Å². The van der Waals surface area contributed by atoms with Crippen LogP contribution in [-0.2, 0) is 14.3 Å². The van der Waals surface area contributed by atoms with Gasteiger partial charge >= 0.3 is 5.97 Å². The van der Waals surface area contributed by atoms with E-state index in [1.165, 1.54) is 59.0 Å². The van der Waals surface area contributed by atoms with E-state index in [-0.39, 0.29) is 5.97 Å². The van der Waals surface area contributed by atoms with Gasteiger partial charge in [-0.25, -0.2) is 0 Å². The number of carbonyl (C=O) groups excluding carboxylic acids is 1. The first kappa shape index (κ1) is 17.8. The highest BCUT2D eigenvalue weighted by Gasteiger charge is 2.43. The minimum atomic E-state index is -0.245. The maximum atomic E-state index is 9.59. The molecule has 1 aliphatic heterocycles. The van der Waals surface area contributed by atoms with Crippen molar-refractivity contribution < 1.29 is 14.3 Å². The van der Waals surface area contributed by atoms with E-state index in [1.54, 1.807) is 0 Å². The van der Waals surface area contributed by atoms with Crippen LogP contribution in [0.5, 0.6) is 0 Å². The Morgan fingerprint density at radius 1 is 1.18 bits per heavy atom. The number of esters is 1. The maximum absolute atomic E-state index is 9.59. The van der Waals surface area contributed by atoms with Crippen LogP contribution in [0.1, 0.15) is 65.7 Å². The van der Waals surface area contributed by atoms with Crippen molar-refractivity contribution in [3.8, 4) is 0 Å². The Kier molecular flexibility index (Phi) is 6.31. The summed E-state index contributed by atoms with van der Waals surface area (Å²) in [7, 11) is 1.35. The van der Waals surface area contributed by atoms with Gasteiger partial charge in [0.05, 0.1) is 7.11 Å². The monoisotopic (exact) mass is 310 g/mol. The minimum absolute atomic E-state index is 0.245. The molecule has 3 nitrogen and oxygen atoms in total. The third-order valence-corrected chi connectivity index (χ3v) is 6.34. The molecule has 0 spiro atoms. The molecule has 0 aromatic heterocycles. The van der Waals surface area contributed by atoms with Crippen molar-refractivity contribution in [2.24, 2.45) is 29.1 Å². The van der Waals surface area contributed by atoms with E-state index >= 15 is 0 Å². The molecule has 3 aliphatic rings. The third kappa shape index (κ3) is 4.47.